The van der Waals surface area contributed by atoms with E-state index in [4.69, 9.17) is 5.14 Å². The van der Waals surface area contributed by atoms with Crippen LogP contribution in [0.2, 0.25) is 0 Å². The van der Waals surface area contributed by atoms with Crippen molar-refractivity contribution in [1.82, 2.24) is 5.32 Å². The number of nitrogens with one attached hydrogen (secondary N) is 1. The lowest BCUT2D eigenvalue weighted by molar-refractivity contribution is 0.588. The van der Waals surface area contributed by atoms with Crippen molar-refractivity contribution in [3.63, 3.8) is 0 Å². The molecule has 7 nitrogen and oxygen atoms in total. The average Bonchev–Trinajstić information content (AvgIpc) is 3.08. The zero-order chi connectivity index (χ0) is 24.5. The molecule has 1 saturated heterocycles. The van der Waals surface area contributed by atoms with Crippen LogP contribution in [0.4, 0.5) is 14.5 Å². The minimum Gasteiger partial charge on any atom is -0.368 e. The number of nitrogens with zero attached hydrogens (tertiary/aromatic N) is 1. The summed E-state index contributed by atoms with van der Waals surface area (Å²) in [5, 5.41) is 8.60. The third-order valence-corrected chi connectivity index (χ3v) is 8.39. The Balaban J connectivity index is 0.00000342. The van der Waals surface area contributed by atoms with E-state index in [-0.39, 0.29) is 33.4 Å². The Hall–Kier alpha value is -2.57. The van der Waals surface area contributed by atoms with E-state index in [0.29, 0.717) is 19.6 Å². The molecule has 0 spiro atoms. The first-order chi connectivity index (χ1) is 16.1. The fourth-order valence-corrected chi connectivity index (χ4v) is 6.27. The van der Waals surface area contributed by atoms with Crippen molar-refractivity contribution in [2.45, 2.75) is 21.1 Å². The highest BCUT2D eigenvalue weighted by atomic mass is 35.5. The average molecular weight is 544 g/mol. The first-order valence-electron chi connectivity index (χ1n) is 10.5. The maximum atomic E-state index is 16.1. The van der Waals surface area contributed by atoms with Gasteiger partial charge in [-0.05, 0) is 49.4 Å². The zero-order valence-corrected chi connectivity index (χ0v) is 20.9. The summed E-state index contributed by atoms with van der Waals surface area (Å²) in [5.41, 5.74) is -0.472. The Labute approximate surface area is 209 Å². The highest BCUT2D eigenvalue weighted by Gasteiger charge is 2.29. The summed E-state index contributed by atoms with van der Waals surface area (Å²) in [4.78, 5) is 0.532. The first-order valence-corrected chi connectivity index (χ1v) is 13.5. The number of hydrogen-bond donors (Lipinski definition) is 2. The van der Waals surface area contributed by atoms with Gasteiger partial charge in [-0.1, -0.05) is 24.3 Å². The second kappa shape index (κ2) is 10.6. The van der Waals surface area contributed by atoms with Gasteiger partial charge in [0.25, 0.3) is 0 Å². The van der Waals surface area contributed by atoms with E-state index in [1.54, 1.807) is 4.90 Å². The molecule has 3 aromatic carbocycles. The molecule has 0 radical (unpaired) electrons. The number of rotatable bonds is 5. The summed E-state index contributed by atoms with van der Waals surface area (Å²) < 4.78 is 81.4. The maximum Gasteiger partial charge on any atom is 0.238 e. The Morgan fingerprint density at radius 2 is 1.60 bits per heavy atom. The van der Waals surface area contributed by atoms with Crippen LogP contribution in [0, 0.1) is 11.6 Å². The maximum absolute atomic E-state index is 16.1. The van der Waals surface area contributed by atoms with Crippen LogP contribution < -0.4 is 15.4 Å². The van der Waals surface area contributed by atoms with Crippen LogP contribution in [0.3, 0.4) is 0 Å². The van der Waals surface area contributed by atoms with E-state index >= 15 is 4.39 Å². The molecule has 0 atom stereocenters. The number of hydrogen-bond acceptors (Lipinski definition) is 6. The topological polar surface area (TPSA) is 110 Å². The van der Waals surface area contributed by atoms with Crippen molar-refractivity contribution in [3.05, 3.63) is 72.3 Å². The van der Waals surface area contributed by atoms with Gasteiger partial charge in [0, 0.05) is 30.8 Å². The van der Waals surface area contributed by atoms with Gasteiger partial charge in [-0.25, -0.2) is 30.8 Å². The predicted molar refractivity (Wildman–Crippen MR) is 132 cm³/mol. The number of anilines is 1. The summed E-state index contributed by atoms with van der Waals surface area (Å²) in [7, 11) is -8.75. The predicted octanol–water partition coefficient (Wildman–Crippen LogP) is 3.33. The van der Waals surface area contributed by atoms with Gasteiger partial charge < -0.3 is 10.2 Å². The van der Waals surface area contributed by atoms with E-state index in [1.807, 2.05) is 0 Å². The molecule has 0 bridgehead atoms. The number of sulfone groups is 1. The van der Waals surface area contributed by atoms with Gasteiger partial charge in [0.2, 0.25) is 19.9 Å². The van der Waals surface area contributed by atoms with Crippen LogP contribution in [0.25, 0.3) is 11.1 Å². The van der Waals surface area contributed by atoms with Crippen LogP contribution in [-0.4, -0.2) is 43.0 Å². The minimum atomic E-state index is -4.42. The second-order valence-electron chi connectivity index (χ2n) is 7.86. The minimum absolute atomic E-state index is 0. The molecule has 1 aliphatic rings. The van der Waals surface area contributed by atoms with Gasteiger partial charge in [0.05, 0.1) is 20.4 Å². The fourth-order valence-electron chi connectivity index (χ4n) is 4.03. The molecule has 1 heterocycles. The second-order valence-corrected chi connectivity index (χ2v) is 11.3. The number of sulfonamides is 1. The van der Waals surface area contributed by atoms with Crippen molar-refractivity contribution in [3.8, 4) is 11.1 Å². The summed E-state index contributed by atoms with van der Waals surface area (Å²) in [5.74, 6) is -1.65. The largest absolute Gasteiger partial charge is 0.368 e. The molecular formula is C23H24ClF2N3O4S2. The molecule has 0 unspecified atom stereocenters. The molecule has 188 valence electrons. The SMILES string of the molecule is Cl.NS(=O)(=O)c1ccc(N2CCCNCC2)c(F)c1-c1ccccc1S(=O)(=O)c1cccc(F)c1. The summed E-state index contributed by atoms with van der Waals surface area (Å²) in [6.45, 7) is 2.38. The van der Waals surface area contributed by atoms with Gasteiger partial charge >= 0.3 is 0 Å². The normalized spacial score (nSPS) is 14.8. The van der Waals surface area contributed by atoms with Crippen LogP contribution in [0.5, 0.6) is 0 Å². The van der Waals surface area contributed by atoms with E-state index in [9.17, 15) is 21.2 Å². The number of primary sulfonamides is 1. The van der Waals surface area contributed by atoms with Crippen molar-refractivity contribution in [2.75, 3.05) is 31.1 Å². The lowest BCUT2D eigenvalue weighted by Crippen LogP contribution is -2.29. The summed E-state index contributed by atoms with van der Waals surface area (Å²) in [6.07, 6.45) is 0.746. The van der Waals surface area contributed by atoms with Crippen LogP contribution in [-0.2, 0) is 19.9 Å². The van der Waals surface area contributed by atoms with Crippen molar-refractivity contribution < 1.29 is 25.6 Å². The van der Waals surface area contributed by atoms with E-state index < -0.39 is 42.0 Å². The summed E-state index contributed by atoms with van der Waals surface area (Å²) in [6, 6.07) is 12.4. The monoisotopic (exact) mass is 543 g/mol. The Morgan fingerprint density at radius 1 is 0.857 bits per heavy atom. The Morgan fingerprint density at radius 3 is 2.31 bits per heavy atom. The fraction of sp³-hybridized carbons (Fsp3) is 0.217. The molecule has 1 fully saturated rings. The van der Waals surface area contributed by atoms with Crippen molar-refractivity contribution >= 4 is 38.0 Å². The quantitative estimate of drug-likeness (QED) is 0.511. The van der Waals surface area contributed by atoms with E-state index in [2.05, 4.69) is 5.32 Å². The molecule has 3 aromatic rings. The van der Waals surface area contributed by atoms with E-state index in [1.165, 1.54) is 48.5 Å². The Bertz CT molecular complexity index is 1440. The third-order valence-electron chi connectivity index (χ3n) is 5.62. The molecule has 12 heteroatoms. The number of halogens is 3. The third kappa shape index (κ3) is 5.49. The highest BCUT2D eigenvalue weighted by molar-refractivity contribution is 7.91. The first kappa shape index (κ1) is 27.0. The van der Waals surface area contributed by atoms with Crippen molar-refractivity contribution in [1.29, 1.82) is 0 Å². The molecule has 35 heavy (non-hydrogen) atoms. The molecule has 0 aromatic heterocycles. The van der Waals surface area contributed by atoms with E-state index in [0.717, 1.165) is 25.1 Å². The smallest absolute Gasteiger partial charge is 0.238 e. The molecule has 4 rings (SSSR count). The number of benzene rings is 3. The molecular weight excluding hydrogens is 520 g/mol. The zero-order valence-electron chi connectivity index (χ0n) is 18.4. The lowest BCUT2D eigenvalue weighted by atomic mass is 10.0. The molecule has 0 amide bonds. The van der Waals surface area contributed by atoms with Gasteiger partial charge in [-0.3, -0.25) is 0 Å². The molecule has 0 saturated carbocycles. The van der Waals surface area contributed by atoms with Crippen molar-refractivity contribution in [2.24, 2.45) is 5.14 Å². The molecule has 3 N–H and O–H groups in total. The van der Waals surface area contributed by atoms with Gasteiger partial charge in [-0.2, -0.15) is 0 Å². The standard InChI is InChI=1S/C23H23F2N3O4S2.ClH/c24-16-5-3-6-17(15-16)33(29,30)20-8-2-1-7-18(20)22-21(34(26,31)32)10-9-19(23(22)25)28-13-4-11-27-12-14-28;/h1-3,5-10,15,27H,4,11-14H2,(H2,26,31,32);1H. The molecule has 1 aliphatic heterocycles. The van der Waals surface area contributed by atoms with Gasteiger partial charge in [0.1, 0.15) is 5.82 Å². The van der Waals surface area contributed by atoms with Gasteiger partial charge in [-0.15, -0.1) is 12.4 Å². The summed E-state index contributed by atoms with van der Waals surface area (Å²) >= 11 is 0. The lowest BCUT2D eigenvalue weighted by Gasteiger charge is -2.25. The van der Waals surface area contributed by atoms with Crippen LogP contribution >= 0.6 is 12.4 Å². The van der Waals surface area contributed by atoms with Gasteiger partial charge in [0.15, 0.2) is 5.82 Å². The number of nitrogens with two attached hydrogens (primary N) is 1. The highest BCUT2D eigenvalue weighted by Crippen LogP contribution is 2.39. The van der Waals surface area contributed by atoms with Crippen LogP contribution in [0.1, 0.15) is 6.42 Å². The Kier molecular flexibility index (Phi) is 8.17. The molecule has 0 aliphatic carbocycles. The van der Waals surface area contributed by atoms with Crippen LogP contribution in [0.15, 0.2) is 75.4 Å².